The lowest BCUT2D eigenvalue weighted by molar-refractivity contribution is 0.414. The summed E-state index contributed by atoms with van der Waals surface area (Å²) >= 11 is 0. The van der Waals surface area contributed by atoms with Gasteiger partial charge in [-0.2, -0.15) is 5.21 Å². The summed E-state index contributed by atoms with van der Waals surface area (Å²) in [6, 6.07) is 11.5. The number of aromatic nitrogens is 4. The summed E-state index contributed by atoms with van der Waals surface area (Å²) in [7, 11) is -2.16. The minimum atomic E-state index is -3.69. The molecule has 0 fully saturated rings. The highest BCUT2D eigenvalue weighted by Crippen LogP contribution is 2.24. The summed E-state index contributed by atoms with van der Waals surface area (Å²) in [5, 5.41) is 13.6. The maximum Gasteiger partial charge on any atom is 0.262 e. The number of aryl methyl sites for hydroxylation is 1. The molecule has 3 aromatic rings. The number of anilines is 1. The lowest BCUT2D eigenvalue weighted by Crippen LogP contribution is -2.14. The summed E-state index contributed by atoms with van der Waals surface area (Å²) in [6.07, 6.45) is 0. The van der Waals surface area contributed by atoms with E-state index < -0.39 is 10.0 Å². The second-order valence-electron chi connectivity index (χ2n) is 5.05. The Morgan fingerprint density at radius 2 is 1.88 bits per heavy atom. The summed E-state index contributed by atoms with van der Waals surface area (Å²) < 4.78 is 32.7. The fourth-order valence-electron chi connectivity index (χ4n) is 2.23. The third-order valence-corrected chi connectivity index (χ3v) is 4.95. The molecule has 124 valence electrons. The number of ether oxygens (including phenoxy) is 1. The third kappa shape index (κ3) is 3.20. The van der Waals surface area contributed by atoms with Gasteiger partial charge >= 0.3 is 0 Å². The fraction of sp³-hybridized carbons (Fsp3) is 0.133. The van der Waals surface area contributed by atoms with E-state index in [2.05, 4.69) is 25.3 Å². The minimum Gasteiger partial charge on any atom is -0.497 e. The summed E-state index contributed by atoms with van der Waals surface area (Å²) in [5.41, 5.74) is 1.77. The molecule has 1 aromatic heterocycles. The van der Waals surface area contributed by atoms with Gasteiger partial charge in [-0.1, -0.05) is 0 Å². The molecule has 0 spiro atoms. The number of sulfonamides is 1. The number of H-pyrrole nitrogens is 1. The molecule has 0 amide bonds. The van der Waals surface area contributed by atoms with Crippen molar-refractivity contribution in [2.45, 2.75) is 11.8 Å². The number of aromatic amines is 1. The molecular weight excluding hydrogens is 330 g/mol. The molecule has 0 saturated heterocycles. The molecule has 0 unspecified atom stereocenters. The van der Waals surface area contributed by atoms with Gasteiger partial charge in [-0.25, -0.2) is 8.42 Å². The van der Waals surface area contributed by atoms with E-state index in [4.69, 9.17) is 4.74 Å². The van der Waals surface area contributed by atoms with Crippen molar-refractivity contribution in [1.29, 1.82) is 0 Å². The van der Waals surface area contributed by atoms with Gasteiger partial charge in [0.25, 0.3) is 10.0 Å². The Balaban J connectivity index is 1.84. The number of hydrogen-bond acceptors (Lipinski definition) is 6. The van der Waals surface area contributed by atoms with Crippen molar-refractivity contribution in [1.82, 2.24) is 20.6 Å². The number of rotatable bonds is 5. The zero-order chi connectivity index (χ0) is 17.2. The zero-order valence-electron chi connectivity index (χ0n) is 13.0. The second-order valence-corrected chi connectivity index (χ2v) is 6.70. The highest BCUT2D eigenvalue weighted by Gasteiger charge is 2.17. The van der Waals surface area contributed by atoms with Gasteiger partial charge in [0.05, 0.1) is 12.0 Å². The molecule has 8 nitrogen and oxygen atoms in total. The lowest BCUT2D eigenvalue weighted by Gasteiger charge is -2.11. The van der Waals surface area contributed by atoms with Crippen LogP contribution in [0.3, 0.4) is 0 Å². The van der Waals surface area contributed by atoms with Crippen molar-refractivity contribution in [3.8, 4) is 17.1 Å². The van der Waals surface area contributed by atoms with Gasteiger partial charge in [0, 0.05) is 11.3 Å². The molecule has 0 aliphatic carbocycles. The first kappa shape index (κ1) is 15.9. The fourth-order valence-corrected chi connectivity index (χ4v) is 3.52. The first-order chi connectivity index (χ1) is 11.5. The van der Waals surface area contributed by atoms with Crippen LogP contribution in [0.4, 0.5) is 5.69 Å². The Kier molecular flexibility index (Phi) is 4.17. The Bertz CT molecular complexity index is 938. The molecule has 0 saturated carbocycles. The van der Waals surface area contributed by atoms with Gasteiger partial charge in [0.2, 0.25) is 5.82 Å². The summed E-state index contributed by atoms with van der Waals surface area (Å²) in [4.78, 5) is 0.200. The highest BCUT2D eigenvalue weighted by atomic mass is 32.2. The van der Waals surface area contributed by atoms with E-state index in [0.29, 0.717) is 22.8 Å². The predicted molar refractivity (Wildman–Crippen MR) is 88.2 cm³/mol. The Morgan fingerprint density at radius 1 is 1.12 bits per heavy atom. The van der Waals surface area contributed by atoms with E-state index in [9.17, 15) is 8.42 Å². The maximum atomic E-state index is 12.5. The average Bonchev–Trinajstić information content (AvgIpc) is 3.09. The molecule has 0 atom stereocenters. The lowest BCUT2D eigenvalue weighted by atomic mass is 10.2. The van der Waals surface area contributed by atoms with Crippen molar-refractivity contribution >= 4 is 15.7 Å². The van der Waals surface area contributed by atoms with E-state index in [1.807, 2.05) is 0 Å². The van der Waals surface area contributed by atoms with Crippen LogP contribution in [-0.4, -0.2) is 36.2 Å². The predicted octanol–water partition coefficient (Wildman–Crippen LogP) is 1.98. The molecule has 0 radical (unpaired) electrons. The van der Waals surface area contributed by atoms with Crippen molar-refractivity contribution in [3.05, 3.63) is 48.0 Å². The van der Waals surface area contributed by atoms with E-state index >= 15 is 0 Å². The second kappa shape index (κ2) is 6.28. The van der Waals surface area contributed by atoms with Crippen LogP contribution in [0, 0.1) is 6.92 Å². The number of nitrogens with zero attached hydrogens (tertiary/aromatic N) is 3. The van der Waals surface area contributed by atoms with E-state index in [0.717, 1.165) is 5.56 Å². The van der Waals surface area contributed by atoms with Crippen molar-refractivity contribution in [2.75, 3.05) is 11.8 Å². The Hall–Kier alpha value is -2.94. The monoisotopic (exact) mass is 345 g/mol. The zero-order valence-corrected chi connectivity index (χ0v) is 13.8. The van der Waals surface area contributed by atoms with Gasteiger partial charge in [0.15, 0.2) is 0 Å². The van der Waals surface area contributed by atoms with Crippen LogP contribution in [0.15, 0.2) is 47.4 Å². The molecule has 9 heteroatoms. The van der Waals surface area contributed by atoms with Crippen LogP contribution in [0.2, 0.25) is 0 Å². The van der Waals surface area contributed by atoms with Crippen molar-refractivity contribution < 1.29 is 13.2 Å². The van der Waals surface area contributed by atoms with E-state index in [1.165, 1.54) is 13.2 Å². The van der Waals surface area contributed by atoms with Crippen LogP contribution < -0.4 is 9.46 Å². The largest absolute Gasteiger partial charge is 0.497 e. The van der Waals surface area contributed by atoms with Gasteiger partial charge < -0.3 is 4.74 Å². The molecule has 24 heavy (non-hydrogen) atoms. The molecular formula is C15H15N5O3S. The smallest absolute Gasteiger partial charge is 0.262 e. The Morgan fingerprint density at radius 3 is 2.46 bits per heavy atom. The summed E-state index contributed by atoms with van der Waals surface area (Å²) in [6.45, 7) is 1.72. The normalized spacial score (nSPS) is 11.2. The number of nitrogens with one attached hydrogen (secondary N) is 2. The van der Waals surface area contributed by atoms with Crippen LogP contribution >= 0.6 is 0 Å². The number of tetrazole rings is 1. The van der Waals surface area contributed by atoms with Crippen LogP contribution in [0.25, 0.3) is 11.4 Å². The maximum absolute atomic E-state index is 12.5. The number of methoxy groups -OCH3 is 1. The van der Waals surface area contributed by atoms with Crippen LogP contribution in [0.1, 0.15) is 5.56 Å². The SMILES string of the molecule is COc1ccc(S(=O)(=O)Nc2ccc(-c3nn[nH]n3)cc2)c(C)c1. The summed E-state index contributed by atoms with van der Waals surface area (Å²) in [5.74, 6) is 1.05. The van der Waals surface area contributed by atoms with Gasteiger partial charge in [-0.3, -0.25) is 4.72 Å². The van der Waals surface area contributed by atoms with E-state index in [-0.39, 0.29) is 4.90 Å². The third-order valence-electron chi connectivity index (χ3n) is 3.41. The molecule has 0 bridgehead atoms. The molecule has 1 heterocycles. The first-order valence-electron chi connectivity index (χ1n) is 7.01. The molecule has 0 aliphatic rings. The standard InChI is InChI=1S/C15H15N5O3S/c1-10-9-13(23-2)7-8-14(10)24(21,22)18-12-5-3-11(4-6-12)15-16-19-20-17-15/h3-9,18H,1-2H3,(H,16,17,19,20). The Labute approximate surface area is 138 Å². The topological polar surface area (TPSA) is 110 Å². The number of benzene rings is 2. The molecule has 3 rings (SSSR count). The number of hydrogen-bond donors (Lipinski definition) is 2. The highest BCUT2D eigenvalue weighted by molar-refractivity contribution is 7.92. The van der Waals surface area contributed by atoms with Crippen molar-refractivity contribution in [3.63, 3.8) is 0 Å². The van der Waals surface area contributed by atoms with Gasteiger partial charge in [0.1, 0.15) is 5.75 Å². The average molecular weight is 345 g/mol. The molecule has 2 N–H and O–H groups in total. The minimum absolute atomic E-state index is 0.200. The first-order valence-corrected chi connectivity index (χ1v) is 8.49. The van der Waals surface area contributed by atoms with Gasteiger partial charge in [-0.05, 0) is 60.2 Å². The van der Waals surface area contributed by atoms with Crippen LogP contribution in [0.5, 0.6) is 5.75 Å². The van der Waals surface area contributed by atoms with Crippen LogP contribution in [-0.2, 0) is 10.0 Å². The quantitative estimate of drug-likeness (QED) is 0.732. The van der Waals surface area contributed by atoms with Crippen molar-refractivity contribution in [2.24, 2.45) is 0 Å². The van der Waals surface area contributed by atoms with Gasteiger partial charge in [-0.15, -0.1) is 10.2 Å². The molecule has 0 aliphatic heterocycles. The molecule has 2 aromatic carbocycles. The van der Waals surface area contributed by atoms with E-state index in [1.54, 1.807) is 43.3 Å².